The van der Waals surface area contributed by atoms with Crippen molar-refractivity contribution in [1.82, 2.24) is 0 Å². The Bertz CT molecular complexity index is 648. The van der Waals surface area contributed by atoms with Crippen molar-refractivity contribution in [2.75, 3.05) is 6.54 Å². The molecule has 112 valence electrons. The fourth-order valence-corrected chi connectivity index (χ4v) is 2.88. The second-order valence-corrected chi connectivity index (χ2v) is 5.82. The van der Waals surface area contributed by atoms with Gasteiger partial charge in [-0.2, -0.15) is 0 Å². The van der Waals surface area contributed by atoms with Crippen LogP contribution in [0.15, 0.2) is 36.4 Å². The Hall–Kier alpha value is -1.13. The Morgan fingerprint density at radius 1 is 1.14 bits per heavy atom. The maximum atomic E-state index is 13.9. The van der Waals surface area contributed by atoms with Gasteiger partial charge in [0.15, 0.2) is 0 Å². The zero-order valence-electron chi connectivity index (χ0n) is 11.5. The van der Waals surface area contributed by atoms with Crippen LogP contribution in [0.1, 0.15) is 28.7 Å². The molecule has 0 aliphatic rings. The number of nitrogens with two attached hydrogens (primary N) is 1. The van der Waals surface area contributed by atoms with Crippen LogP contribution >= 0.6 is 23.2 Å². The fraction of sp³-hybridized carbons (Fsp3) is 0.250. The van der Waals surface area contributed by atoms with Crippen LogP contribution in [0, 0.1) is 12.7 Å². The topological polar surface area (TPSA) is 46.2 Å². The number of hydrogen-bond donors (Lipinski definition) is 2. The van der Waals surface area contributed by atoms with Gasteiger partial charge in [0.1, 0.15) is 5.82 Å². The van der Waals surface area contributed by atoms with E-state index in [0.717, 1.165) is 5.56 Å². The third-order valence-electron chi connectivity index (χ3n) is 3.47. The summed E-state index contributed by atoms with van der Waals surface area (Å²) in [5.41, 5.74) is 7.50. The van der Waals surface area contributed by atoms with Gasteiger partial charge in [-0.1, -0.05) is 47.0 Å². The molecular weight excluding hydrogens is 312 g/mol. The van der Waals surface area contributed by atoms with Gasteiger partial charge in [0.2, 0.25) is 0 Å². The lowest BCUT2D eigenvalue weighted by atomic mass is 9.88. The van der Waals surface area contributed by atoms with Crippen molar-refractivity contribution in [2.45, 2.75) is 18.9 Å². The van der Waals surface area contributed by atoms with E-state index in [4.69, 9.17) is 28.9 Å². The van der Waals surface area contributed by atoms with Crippen molar-refractivity contribution in [3.05, 3.63) is 69.0 Å². The molecule has 0 aromatic heterocycles. The smallest absolute Gasteiger partial charge is 0.129 e. The van der Waals surface area contributed by atoms with Gasteiger partial charge in [-0.25, -0.2) is 4.39 Å². The molecule has 2 nitrogen and oxygen atoms in total. The van der Waals surface area contributed by atoms with E-state index in [1.807, 2.05) is 6.92 Å². The first kappa shape index (κ1) is 16.2. The molecule has 0 amide bonds. The van der Waals surface area contributed by atoms with E-state index in [1.165, 1.54) is 6.07 Å². The normalized spacial score (nSPS) is 14.0. The van der Waals surface area contributed by atoms with E-state index < -0.39 is 17.8 Å². The predicted octanol–water partition coefficient (Wildman–Crippen LogP) is 4.22. The zero-order chi connectivity index (χ0) is 15.6. The monoisotopic (exact) mass is 327 g/mol. The first-order valence-electron chi connectivity index (χ1n) is 6.53. The molecule has 0 heterocycles. The maximum Gasteiger partial charge on any atom is 0.129 e. The lowest BCUT2D eigenvalue weighted by molar-refractivity contribution is 0.143. The van der Waals surface area contributed by atoms with Crippen LogP contribution in [-0.2, 0) is 0 Å². The molecule has 0 aliphatic carbocycles. The van der Waals surface area contributed by atoms with Crippen LogP contribution in [-0.4, -0.2) is 11.7 Å². The predicted molar refractivity (Wildman–Crippen MR) is 84.4 cm³/mol. The first-order valence-corrected chi connectivity index (χ1v) is 7.28. The highest BCUT2D eigenvalue weighted by Crippen LogP contribution is 2.36. The third-order valence-corrected chi connectivity index (χ3v) is 4.03. The van der Waals surface area contributed by atoms with Crippen molar-refractivity contribution >= 4 is 23.2 Å². The molecule has 0 spiro atoms. The van der Waals surface area contributed by atoms with Crippen molar-refractivity contribution in [2.24, 2.45) is 5.73 Å². The van der Waals surface area contributed by atoms with E-state index in [1.54, 1.807) is 30.3 Å². The SMILES string of the molecule is Cc1ccc(F)c(C(O)C(CN)c2ccc(Cl)cc2Cl)c1. The summed E-state index contributed by atoms with van der Waals surface area (Å²) in [5, 5.41) is 11.4. The molecule has 2 unspecified atom stereocenters. The van der Waals surface area contributed by atoms with Crippen molar-refractivity contribution < 1.29 is 9.50 Å². The number of aliphatic hydroxyl groups excluding tert-OH is 1. The van der Waals surface area contributed by atoms with Crippen LogP contribution in [0.3, 0.4) is 0 Å². The van der Waals surface area contributed by atoms with Gasteiger partial charge >= 0.3 is 0 Å². The van der Waals surface area contributed by atoms with Crippen molar-refractivity contribution in [1.29, 1.82) is 0 Å². The van der Waals surface area contributed by atoms with Crippen LogP contribution in [0.4, 0.5) is 4.39 Å². The average molecular weight is 328 g/mol. The standard InChI is InChI=1S/C16H16Cl2FNO/c1-9-2-5-15(19)12(6-9)16(21)13(8-20)11-4-3-10(17)7-14(11)18/h2-7,13,16,21H,8,20H2,1H3. The van der Waals surface area contributed by atoms with E-state index in [-0.39, 0.29) is 12.1 Å². The number of benzene rings is 2. The molecular formula is C16H16Cl2FNO. The van der Waals surface area contributed by atoms with Gasteiger partial charge in [0, 0.05) is 28.1 Å². The lowest BCUT2D eigenvalue weighted by Gasteiger charge is -2.24. The van der Waals surface area contributed by atoms with Crippen molar-refractivity contribution in [3.63, 3.8) is 0 Å². The Kier molecular flexibility index (Phi) is 5.22. The molecule has 0 aliphatic heterocycles. The summed E-state index contributed by atoms with van der Waals surface area (Å²) < 4.78 is 13.9. The quantitative estimate of drug-likeness (QED) is 0.883. The summed E-state index contributed by atoms with van der Waals surface area (Å²) in [6, 6.07) is 9.57. The Morgan fingerprint density at radius 3 is 2.48 bits per heavy atom. The Balaban J connectivity index is 2.43. The van der Waals surface area contributed by atoms with Crippen LogP contribution in [0.5, 0.6) is 0 Å². The van der Waals surface area contributed by atoms with Crippen LogP contribution in [0.2, 0.25) is 10.0 Å². The van der Waals surface area contributed by atoms with Gasteiger partial charge in [-0.05, 0) is 30.7 Å². The van der Waals surface area contributed by atoms with Gasteiger partial charge in [0.05, 0.1) is 6.10 Å². The summed E-state index contributed by atoms with van der Waals surface area (Å²) in [5.74, 6) is -0.970. The summed E-state index contributed by atoms with van der Waals surface area (Å²) in [7, 11) is 0. The molecule has 3 N–H and O–H groups in total. The van der Waals surface area contributed by atoms with E-state index >= 15 is 0 Å². The molecule has 2 aromatic rings. The molecule has 2 rings (SSSR count). The Morgan fingerprint density at radius 2 is 1.86 bits per heavy atom. The van der Waals surface area contributed by atoms with Crippen LogP contribution in [0.25, 0.3) is 0 Å². The zero-order valence-corrected chi connectivity index (χ0v) is 13.0. The van der Waals surface area contributed by atoms with Gasteiger partial charge in [-0.3, -0.25) is 0 Å². The largest absolute Gasteiger partial charge is 0.388 e. The van der Waals surface area contributed by atoms with E-state index in [2.05, 4.69) is 0 Å². The van der Waals surface area contributed by atoms with Gasteiger partial charge < -0.3 is 10.8 Å². The van der Waals surface area contributed by atoms with E-state index in [0.29, 0.717) is 15.6 Å². The number of rotatable bonds is 4. The second kappa shape index (κ2) is 6.75. The summed E-state index contributed by atoms with van der Waals surface area (Å²) >= 11 is 12.0. The second-order valence-electron chi connectivity index (χ2n) is 4.98. The molecule has 0 fully saturated rings. The number of aryl methyl sites for hydroxylation is 1. The molecule has 5 heteroatoms. The lowest BCUT2D eigenvalue weighted by Crippen LogP contribution is -2.21. The highest BCUT2D eigenvalue weighted by atomic mass is 35.5. The van der Waals surface area contributed by atoms with E-state index in [9.17, 15) is 9.50 Å². The molecule has 0 bridgehead atoms. The minimum absolute atomic E-state index is 0.135. The van der Waals surface area contributed by atoms with Gasteiger partial charge in [-0.15, -0.1) is 0 Å². The molecule has 0 radical (unpaired) electrons. The third kappa shape index (κ3) is 3.55. The summed E-state index contributed by atoms with van der Waals surface area (Å²) in [6.07, 6.45) is -1.08. The summed E-state index contributed by atoms with van der Waals surface area (Å²) in [6.45, 7) is 1.97. The molecule has 21 heavy (non-hydrogen) atoms. The maximum absolute atomic E-state index is 13.9. The molecule has 2 aromatic carbocycles. The number of halogens is 3. The summed E-state index contributed by atoms with van der Waals surface area (Å²) in [4.78, 5) is 0. The highest BCUT2D eigenvalue weighted by molar-refractivity contribution is 6.35. The average Bonchev–Trinajstić information content (AvgIpc) is 2.44. The minimum atomic E-state index is -1.08. The highest BCUT2D eigenvalue weighted by Gasteiger charge is 2.26. The molecule has 0 saturated heterocycles. The first-order chi connectivity index (χ1) is 9.93. The van der Waals surface area contributed by atoms with Crippen LogP contribution < -0.4 is 5.73 Å². The van der Waals surface area contributed by atoms with Gasteiger partial charge in [0.25, 0.3) is 0 Å². The fourth-order valence-electron chi connectivity index (χ4n) is 2.33. The van der Waals surface area contributed by atoms with Crippen molar-refractivity contribution in [3.8, 4) is 0 Å². The number of hydrogen-bond acceptors (Lipinski definition) is 2. The number of aliphatic hydroxyl groups is 1. The molecule has 2 atom stereocenters. The minimum Gasteiger partial charge on any atom is -0.388 e. The Labute approximate surface area is 133 Å². The molecule has 0 saturated carbocycles.